The summed E-state index contributed by atoms with van der Waals surface area (Å²) >= 11 is 0. The van der Waals surface area contributed by atoms with Crippen molar-refractivity contribution in [1.29, 1.82) is 0 Å². The zero-order chi connectivity index (χ0) is 22.2. The highest BCUT2D eigenvalue weighted by Crippen LogP contribution is 2.34. The fraction of sp³-hybridized carbons (Fsp3) is 0.400. The molecular weight excluding hydrogens is 402 g/mol. The number of ether oxygens (including phenoxy) is 1. The molecule has 1 aromatic heterocycles. The Labute approximate surface area is 188 Å². The third-order valence-electron chi connectivity index (χ3n) is 6.25. The summed E-state index contributed by atoms with van der Waals surface area (Å²) in [6, 6.07) is 10.1. The Morgan fingerprint density at radius 2 is 1.97 bits per heavy atom. The number of hydrogen-bond donors (Lipinski definition) is 2. The van der Waals surface area contributed by atoms with Gasteiger partial charge < -0.3 is 20.7 Å². The van der Waals surface area contributed by atoms with E-state index in [2.05, 4.69) is 27.4 Å². The minimum absolute atomic E-state index is 0.115. The van der Waals surface area contributed by atoms with Crippen LogP contribution in [-0.4, -0.2) is 40.0 Å². The van der Waals surface area contributed by atoms with Crippen molar-refractivity contribution in [3.05, 3.63) is 52.8 Å². The lowest BCUT2D eigenvalue weighted by atomic mass is 9.99. The number of fused-ring (bicyclic) bond motifs is 2. The van der Waals surface area contributed by atoms with Crippen molar-refractivity contribution in [1.82, 2.24) is 14.9 Å². The summed E-state index contributed by atoms with van der Waals surface area (Å²) in [6.07, 6.45) is 3.27. The van der Waals surface area contributed by atoms with E-state index in [4.69, 9.17) is 10.5 Å². The smallest absolute Gasteiger partial charge is 0.263 e. The molecule has 2 aliphatic rings. The number of anilines is 2. The van der Waals surface area contributed by atoms with Gasteiger partial charge in [-0.2, -0.15) is 0 Å². The molecule has 0 radical (unpaired) electrons. The summed E-state index contributed by atoms with van der Waals surface area (Å²) in [6.45, 7) is 6.22. The highest BCUT2D eigenvalue weighted by molar-refractivity contribution is 5.91. The van der Waals surface area contributed by atoms with E-state index >= 15 is 0 Å². The van der Waals surface area contributed by atoms with Crippen molar-refractivity contribution >= 4 is 28.3 Å². The van der Waals surface area contributed by atoms with E-state index in [1.54, 1.807) is 0 Å². The molecule has 1 fully saturated rings. The summed E-state index contributed by atoms with van der Waals surface area (Å²) in [4.78, 5) is 24.1. The number of likely N-dealkylation sites (tertiary alicyclic amines) is 1. The Kier molecular flexibility index (Phi) is 5.33. The number of aryl methyl sites for hydroxylation is 3. The maximum atomic E-state index is 12.9. The number of nitrogens with one attached hydrogen (secondary N) is 1. The predicted molar refractivity (Wildman–Crippen MR) is 126 cm³/mol. The van der Waals surface area contributed by atoms with Crippen LogP contribution in [0.15, 0.2) is 30.3 Å². The largest absolute Gasteiger partial charge is 0.480 e. The Bertz CT molecular complexity index is 1170. The van der Waals surface area contributed by atoms with Crippen molar-refractivity contribution in [2.45, 2.75) is 52.2 Å². The van der Waals surface area contributed by atoms with Crippen LogP contribution < -0.4 is 15.8 Å². The van der Waals surface area contributed by atoms with Gasteiger partial charge in [0.2, 0.25) is 0 Å². The first-order valence-corrected chi connectivity index (χ1v) is 11.3. The van der Waals surface area contributed by atoms with Gasteiger partial charge >= 0.3 is 0 Å². The van der Waals surface area contributed by atoms with Crippen LogP contribution in [0.1, 0.15) is 41.8 Å². The zero-order valence-electron chi connectivity index (χ0n) is 18.6. The van der Waals surface area contributed by atoms with E-state index in [0.29, 0.717) is 18.8 Å². The fourth-order valence-electron chi connectivity index (χ4n) is 4.75. The van der Waals surface area contributed by atoms with Gasteiger partial charge in [-0.15, -0.1) is 0 Å². The van der Waals surface area contributed by atoms with E-state index in [9.17, 15) is 4.79 Å². The average molecular weight is 432 g/mol. The monoisotopic (exact) mass is 431 g/mol. The Morgan fingerprint density at radius 3 is 2.75 bits per heavy atom. The number of carbonyl (C=O) groups excluding carboxylic acids is 1. The normalized spacial score (nSPS) is 17.8. The number of rotatable bonds is 4. The first-order valence-electron chi connectivity index (χ1n) is 11.3. The van der Waals surface area contributed by atoms with Gasteiger partial charge in [-0.25, -0.2) is 9.97 Å². The number of benzene rings is 2. The number of nitrogens with zero attached hydrogens (tertiary/aromatic N) is 3. The molecule has 0 bridgehead atoms. The number of nitrogens with two attached hydrogens (primary N) is 1. The van der Waals surface area contributed by atoms with Crippen LogP contribution in [0.2, 0.25) is 0 Å². The van der Waals surface area contributed by atoms with E-state index < -0.39 is 6.10 Å². The van der Waals surface area contributed by atoms with Gasteiger partial charge in [0, 0.05) is 30.7 Å². The summed E-state index contributed by atoms with van der Waals surface area (Å²) in [5.41, 5.74) is 11.0. The van der Waals surface area contributed by atoms with Crippen molar-refractivity contribution in [3.8, 4) is 5.75 Å². The third-order valence-corrected chi connectivity index (χ3v) is 6.25. The first-order chi connectivity index (χ1) is 15.5. The van der Waals surface area contributed by atoms with Crippen LogP contribution in [0, 0.1) is 13.8 Å². The average Bonchev–Trinajstić information content (AvgIpc) is 3.29. The zero-order valence-corrected chi connectivity index (χ0v) is 18.6. The summed E-state index contributed by atoms with van der Waals surface area (Å²) in [5, 5.41) is 4.34. The molecule has 3 aromatic rings. The minimum atomic E-state index is -0.406. The number of hydrogen-bond acceptors (Lipinski definition) is 6. The molecule has 1 unspecified atom stereocenters. The van der Waals surface area contributed by atoms with Crippen LogP contribution in [0.25, 0.3) is 10.9 Å². The van der Waals surface area contributed by atoms with Crippen molar-refractivity contribution in [2.75, 3.05) is 24.1 Å². The molecule has 7 heteroatoms. The molecule has 5 rings (SSSR count). The highest BCUT2D eigenvalue weighted by Gasteiger charge is 2.31. The van der Waals surface area contributed by atoms with E-state index in [1.165, 1.54) is 0 Å². The van der Waals surface area contributed by atoms with Crippen LogP contribution in [0.5, 0.6) is 5.75 Å². The molecule has 1 amide bonds. The topological polar surface area (TPSA) is 93.4 Å². The molecule has 1 saturated heterocycles. The summed E-state index contributed by atoms with van der Waals surface area (Å²) < 4.78 is 6.20. The highest BCUT2D eigenvalue weighted by atomic mass is 16.5. The predicted octanol–water partition coefficient (Wildman–Crippen LogP) is 3.76. The van der Waals surface area contributed by atoms with Gasteiger partial charge in [0.1, 0.15) is 17.4 Å². The maximum Gasteiger partial charge on any atom is 0.263 e. The lowest BCUT2D eigenvalue weighted by Crippen LogP contribution is -2.42. The van der Waals surface area contributed by atoms with E-state index in [-0.39, 0.29) is 5.91 Å². The number of amides is 1. The molecule has 0 spiro atoms. The van der Waals surface area contributed by atoms with Gasteiger partial charge in [0.05, 0.1) is 5.52 Å². The van der Waals surface area contributed by atoms with Crippen LogP contribution in [0.3, 0.4) is 0 Å². The molecular formula is C25H29N5O2. The first kappa shape index (κ1) is 20.5. The lowest BCUT2D eigenvalue weighted by molar-refractivity contribution is -0.138. The molecule has 0 saturated carbocycles. The van der Waals surface area contributed by atoms with Gasteiger partial charge in [0.15, 0.2) is 6.10 Å². The Balaban J connectivity index is 1.43. The molecule has 166 valence electrons. The van der Waals surface area contributed by atoms with Gasteiger partial charge in [-0.1, -0.05) is 6.07 Å². The second-order valence-electron chi connectivity index (χ2n) is 8.88. The molecule has 1 atom stereocenters. The van der Waals surface area contributed by atoms with Crippen molar-refractivity contribution in [3.63, 3.8) is 0 Å². The third kappa shape index (κ3) is 4.07. The molecule has 32 heavy (non-hydrogen) atoms. The van der Waals surface area contributed by atoms with Crippen LogP contribution >= 0.6 is 0 Å². The standard InChI is InChI=1S/C25H29N5O2/c1-15-9-17(11-19(26)10-15)14-27-24-20-13-23-18(12-21(20)28-16(2)29-24)5-6-22(32-23)25(31)30-7-3-4-8-30/h9-13,22H,3-8,14,26H2,1-2H3,(H,27,28,29). The number of carbonyl (C=O) groups is 1. The van der Waals surface area contributed by atoms with Crippen LogP contribution in [-0.2, 0) is 17.8 Å². The molecule has 7 nitrogen and oxygen atoms in total. The molecule has 2 aromatic carbocycles. The summed E-state index contributed by atoms with van der Waals surface area (Å²) in [7, 11) is 0. The van der Waals surface area contributed by atoms with E-state index in [0.717, 1.165) is 77.2 Å². The molecule has 3 N–H and O–H groups in total. The van der Waals surface area contributed by atoms with Gasteiger partial charge in [0.25, 0.3) is 5.91 Å². The van der Waals surface area contributed by atoms with E-state index in [1.807, 2.05) is 36.9 Å². The number of aromatic nitrogens is 2. The molecule has 3 heterocycles. The lowest BCUT2D eigenvalue weighted by Gasteiger charge is -2.29. The molecule has 2 aliphatic heterocycles. The van der Waals surface area contributed by atoms with Crippen molar-refractivity contribution < 1.29 is 9.53 Å². The SMILES string of the molecule is Cc1cc(N)cc(CNc2nc(C)nc3cc4c(cc23)OC(C(=O)N2CCCC2)CC4)c1. The Hall–Kier alpha value is -3.35. The minimum Gasteiger partial charge on any atom is -0.480 e. The van der Waals surface area contributed by atoms with Crippen LogP contribution in [0.4, 0.5) is 11.5 Å². The molecule has 0 aliphatic carbocycles. The quantitative estimate of drug-likeness (QED) is 0.611. The summed E-state index contributed by atoms with van der Waals surface area (Å²) in [5.74, 6) is 2.34. The van der Waals surface area contributed by atoms with Crippen molar-refractivity contribution in [2.24, 2.45) is 0 Å². The second-order valence-corrected chi connectivity index (χ2v) is 8.88. The maximum absolute atomic E-state index is 12.9. The Morgan fingerprint density at radius 1 is 1.16 bits per heavy atom. The number of nitrogen functional groups attached to an aromatic ring is 1. The van der Waals surface area contributed by atoms with Gasteiger partial charge in [-0.05, 0) is 80.5 Å². The second kappa shape index (κ2) is 8.30. The fourth-order valence-corrected chi connectivity index (χ4v) is 4.75. The van der Waals surface area contributed by atoms with Gasteiger partial charge in [-0.3, -0.25) is 4.79 Å².